The number of methoxy groups -OCH3 is 2. The number of fused-ring (bicyclic) bond motifs is 1. The van der Waals surface area contributed by atoms with Crippen molar-refractivity contribution in [1.29, 1.82) is 0 Å². The van der Waals surface area contributed by atoms with Crippen LogP contribution >= 0.6 is 0 Å². The van der Waals surface area contributed by atoms with E-state index in [9.17, 15) is 5.11 Å². The maximum absolute atomic E-state index is 11.6. The van der Waals surface area contributed by atoms with Gasteiger partial charge in [-0.3, -0.25) is 0 Å². The summed E-state index contributed by atoms with van der Waals surface area (Å²) in [7, 11) is 3.28. The minimum Gasteiger partial charge on any atom is -0.497 e. The predicted molar refractivity (Wildman–Crippen MR) is 126 cm³/mol. The number of hydrogen-bond donors (Lipinski definition) is 2. The van der Waals surface area contributed by atoms with Gasteiger partial charge < -0.3 is 29.4 Å². The Morgan fingerprint density at radius 1 is 1.03 bits per heavy atom. The SMILES string of the molecule is COc1cc(OC)cc(N2C(N3CC=CC3)=C(c3nc4ccccc4[nH]3)C(O)C2(C)C)c1. The maximum atomic E-state index is 11.6. The van der Waals surface area contributed by atoms with Crippen molar-refractivity contribution in [2.24, 2.45) is 0 Å². The third kappa shape index (κ3) is 3.12. The number of nitrogens with one attached hydrogen (secondary N) is 1. The molecule has 7 nitrogen and oxygen atoms in total. The third-order valence-corrected chi connectivity index (χ3v) is 6.33. The van der Waals surface area contributed by atoms with Crippen LogP contribution in [-0.4, -0.2) is 58.9 Å². The van der Waals surface area contributed by atoms with Gasteiger partial charge in [-0.15, -0.1) is 0 Å². The average Bonchev–Trinajstić information content (AvgIpc) is 3.51. The van der Waals surface area contributed by atoms with Crippen LogP contribution in [0.1, 0.15) is 19.7 Å². The molecule has 0 spiro atoms. The van der Waals surface area contributed by atoms with Crippen LogP contribution in [-0.2, 0) is 0 Å². The van der Waals surface area contributed by atoms with Crippen molar-refractivity contribution in [1.82, 2.24) is 14.9 Å². The fourth-order valence-electron chi connectivity index (χ4n) is 4.65. The lowest BCUT2D eigenvalue weighted by atomic mass is 9.93. The van der Waals surface area contributed by atoms with E-state index in [2.05, 4.69) is 26.9 Å². The number of para-hydroxylation sites is 2. The van der Waals surface area contributed by atoms with Crippen molar-refractivity contribution in [3.8, 4) is 11.5 Å². The van der Waals surface area contributed by atoms with Crippen molar-refractivity contribution in [2.75, 3.05) is 32.2 Å². The van der Waals surface area contributed by atoms with Gasteiger partial charge in [0.15, 0.2) is 0 Å². The molecule has 3 aromatic rings. The molecular formula is C25H28N4O3. The van der Waals surface area contributed by atoms with Crippen molar-refractivity contribution >= 4 is 22.3 Å². The smallest absolute Gasteiger partial charge is 0.140 e. The van der Waals surface area contributed by atoms with Crippen LogP contribution in [0.4, 0.5) is 5.69 Å². The van der Waals surface area contributed by atoms with Crippen molar-refractivity contribution < 1.29 is 14.6 Å². The highest BCUT2D eigenvalue weighted by molar-refractivity contribution is 5.85. The van der Waals surface area contributed by atoms with Crippen molar-refractivity contribution in [2.45, 2.75) is 25.5 Å². The number of hydrogen-bond acceptors (Lipinski definition) is 6. The van der Waals surface area contributed by atoms with E-state index in [-0.39, 0.29) is 0 Å². The molecule has 2 aliphatic rings. The zero-order chi connectivity index (χ0) is 22.5. The lowest BCUT2D eigenvalue weighted by Crippen LogP contribution is -2.48. The Morgan fingerprint density at radius 2 is 1.69 bits per heavy atom. The molecule has 2 aromatic carbocycles. The van der Waals surface area contributed by atoms with Crippen molar-refractivity contribution in [3.63, 3.8) is 0 Å². The van der Waals surface area contributed by atoms with Gasteiger partial charge in [0, 0.05) is 31.3 Å². The molecule has 0 saturated carbocycles. The van der Waals surface area contributed by atoms with Gasteiger partial charge in [0.05, 0.1) is 42.1 Å². The standard InChI is InChI=1S/C25H28N4O3/c1-25(2)22(30)21(23-26-19-9-5-6-10-20(19)27-23)24(28-11-7-8-12-28)29(25)16-13-17(31-3)15-18(14-16)32-4/h5-10,13-15,22,30H,11-12H2,1-4H3,(H,26,27). The molecule has 0 saturated heterocycles. The van der Waals surface area contributed by atoms with E-state index in [1.165, 1.54) is 0 Å². The van der Waals surface area contributed by atoms with E-state index in [1.807, 2.05) is 56.3 Å². The summed E-state index contributed by atoms with van der Waals surface area (Å²) in [5, 5.41) is 11.6. The molecule has 0 bridgehead atoms. The first-order valence-electron chi connectivity index (χ1n) is 10.7. The zero-order valence-electron chi connectivity index (χ0n) is 18.8. The van der Waals surface area contributed by atoms with Gasteiger partial charge in [0.2, 0.25) is 0 Å². The average molecular weight is 433 g/mol. The van der Waals surface area contributed by atoms with E-state index in [1.54, 1.807) is 14.2 Å². The van der Waals surface area contributed by atoms with Crippen LogP contribution < -0.4 is 14.4 Å². The Kier molecular flexibility index (Phi) is 4.86. The summed E-state index contributed by atoms with van der Waals surface area (Å²) in [5.41, 5.74) is 2.86. The summed E-state index contributed by atoms with van der Waals surface area (Å²) < 4.78 is 11.1. The Morgan fingerprint density at radius 3 is 2.31 bits per heavy atom. The van der Waals surface area contributed by atoms with E-state index in [4.69, 9.17) is 14.5 Å². The Labute approximate surface area is 187 Å². The number of aliphatic hydroxyl groups is 1. The number of benzene rings is 2. The van der Waals surface area contributed by atoms with Crippen molar-refractivity contribution in [3.05, 3.63) is 66.3 Å². The normalized spacial score (nSPS) is 20.0. The van der Waals surface area contributed by atoms with Crippen LogP contribution in [0.3, 0.4) is 0 Å². The molecule has 32 heavy (non-hydrogen) atoms. The summed E-state index contributed by atoms with van der Waals surface area (Å²) in [4.78, 5) is 12.7. The van der Waals surface area contributed by atoms with E-state index in [0.717, 1.165) is 41.2 Å². The monoisotopic (exact) mass is 432 g/mol. The topological polar surface area (TPSA) is 73.9 Å². The lowest BCUT2D eigenvalue weighted by molar-refractivity contribution is 0.164. The Bertz CT molecular complexity index is 1160. The molecule has 0 fully saturated rings. The number of aromatic nitrogens is 2. The van der Waals surface area contributed by atoms with Gasteiger partial charge in [-0.1, -0.05) is 24.3 Å². The first kappa shape index (κ1) is 20.5. The second kappa shape index (κ2) is 7.60. The number of H-pyrrole nitrogens is 1. The number of ether oxygens (including phenoxy) is 2. The molecule has 0 radical (unpaired) electrons. The molecule has 2 aliphatic heterocycles. The van der Waals surface area contributed by atoms with Crippen LogP contribution in [0.25, 0.3) is 16.6 Å². The highest BCUT2D eigenvalue weighted by atomic mass is 16.5. The number of rotatable bonds is 5. The third-order valence-electron chi connectivity index (χ3n) is 6.33. The van der Waals surface area contributed by atoms with Crippen LogP contribution in [0.2, 0.25) is 0 Å². The molecule has 1 atom stereocenters. The summed E-state index contributed by atoms with van der Waals surface area (Å²) in [5.74, 6) is 3.01. The Hall–Kier alpha value is -3.45. The first-order valence-corrected chi connectivity index (χ1v) is 10.7. The highest BCUT2D eigenvalue weighted by Gasteiger charge is 2.50. The highest BCUT2D eigenvalue weighted by Crippen LogP contribution is 2.47. The molecule has 1 aromatic heterocycles. The van der Waals surface area contributed by atoms with E-state index < -0.39 is 11.6 Å². The fourth-order valence-corrected chi connectivity index (χ4v) is 4.65. The second-order valence-electron chi connectivity index (χ2n) is 8.68. The van der Waals surface area contributed by atoms with E-state index >= 15 is 0 Å². The largest absolute Gasteiger partial charge is 0.497 e. The summed E-state index contributed by atoms with van der Waals surface area (Å²) >= 11 is 0. The lowest BCUT2D eigenvalue weighted by Gasteiger charge is -2.40. The number of nitrogens with zero attached hydrogens (tertiary/aromatic N) is 3. The summed E-state index contributed by atoms with van der Waals surface area (Å²) in [6, 6.07) is 13.7. The predicted octanol–water partition coefficient (Wildman–Crippen LogP) is 3.78. The van der Waals surface area contributed by atoms with Gasteiger partial charge in [0.1, 0.15) is 29.2 Å². The molecule has 3 heterocycles. The number of aromatic amines is 1. The summed E-state index contributed by atoms with van der Waals surface area (Å²) in [6.45, 7) is 5.62. The number of aliphatic hydroxyl groups excluding tert-OH is 1. The molecule has 1 unspecified atom stereocenters. The molecule has 2 N–H and O–H groups in total. The fraction of sp³-hybridized carbons (Fsp3) is 0.320. The second-order valence-corrected chi connectivity index (χ2v) is 8.68. The molecule has 166 valence electrons. The van der Waals surface area contributed by atoms with Gasteiger partial charge >= 0.3 is 0 Å². The quantitative estimate of drug-likeness (QED) is 0.598. The van der Waals surface area contributed by atoms with Crippen LogP contribution in [0, 0.1) is 0 Å². The molecule has 0 aliphatic carbocycles. The number of anilines is 1. The maximum Gasteiger partial charge on any atom is 0.140 e. The van der Waals surface area contributed by atoms with Gasteiger partial charge in [-0.05, 0) is 26.0 Å². The van der Waals surface area contributed by atoms with E-state index in [0.29, 0.717) is 17.3 Å². The molecule has 5 rings (SSSR count). The van der Waals surface area contributed by atoms with Gasteiger partial charge in [-0.2, -0.15) is 0 Å². The van der Waals surface area contributed by atoms with Gasteiger partial charge in [-0.25, -0.2) is 4.98 Å². The number of imidazole rings is 1. The molecule has 7 heteroatoms. The Balaban J connectivity index is 1.75. The first-order chi connectivity index (χ1) is 15.4. The van der Waals surface area contributed by atoms with Crippen LogP contribution in [0.5, 0.6) is 11.5 Å². The van der Waals surface area contributed by atoms with Gasteiger partial charge in [0.25, 0.3) is 0 Å². The minimum absolute atomic E-state index is 0.635. The zero-order valence-corrected chi connectivity index (χ0v) is 18.8. The van der Waals surface area contributed by atoms with Crippen LogP contribution in [0.15, 0.2) is 60.4 Å². The summed E-state index contributed by atoms with van der Waals surface area (Å²) in [6.07, 6.45) is 3.52. The molecular weight excluding hydrogens is 404 g/mol. The molecule has 0 amide bonds. The minimum atomic E-state index is -0.768.